The standard InChI is InChI=1S/C21H24N2O3/c1-26-21(25)19(16-10-4-2-5-11-16)18-14-8-9-15-23(18)22-20(24)17-12-6-3-7-13-17/h2-7,10-13,18-19H,8-9,14-15H2,1H3,(H,22,24)/t18-,19+/m0/s1. The number of piperidine rings is 1. The van der Waals surface area contributed by atoms with E-state index in [4.69, 9.17) is 4.74 Å². The molecule has 136 valence electrons. The van der Waals surface area contributed by atoms with Gasteiger partial charge in [0.1, 0.15) is 0 Å². The molecule has 0 spiro atoms. The summed E-state index contributed by atoms with van der Waals surface area (Å²) >= 11 is 0. The van der Waals surface area contributed by atoms with E-state index in [2.05, 4.69) is 5.43 Å². The Morgan fingerprint density at radius 3 is 2.35 bits per heavy atom. The molecule has 3 rings (SSSR count). The normalized spacial score (nSPS) is 18.7. The first-order valence-electron chi connectivity index (χ1n) is 8.96. The third-order valence-electron chi connectivity index (χ3n) is 4.83. The Bertz CT molecular complexity index is 733. The van der Waals surface area contributed by atoms with Gasteiger partial charge < -0.3 is 4.74 Å². The molecule has 0 unspecified atom stereocenters. The molecule has 0 aliphatic carbocycles. The lowest BCUT2D eigenvalue weighted by atomic mass is 9.86. The Balaban J connectivity index is 1.84. The average molecular weight is 352 g/mol. The maximum atomic E-state index is 12.6. The number of nitrogens with zero attached hydrogens (tertiary/aromatic N) is 1. The van der Waals surface area contributed by atoms with Crippen LogP contribution in [-0.4, -0.2) is 36.6 Å². The van der Waals surface area contributed by atoms with Crippen LogP contribution in [-0.2, 0) is 9.53 Å². The Morgan fingerprint density at radius 1 is 1.04 bits per heavy atom. The zero-order valence-corrected chi connectivity index (χ0v) is 14.9. The van der Waals surface area contributed by atoms with Crippen LogP contribution < -0.4 is 5.43 Å². The summed E-state index contributed by atoms with van der Waals surface area (Å²) in [6.45, 7) is 0.712. The van der Waals surface area contributed by atoms with Gasteiger partial charge in [-0.15, -0.1) is 0 Å². The molecular weight excluding hydrogens is 328 g/mol. The molecule has 1 aliphatic heterocycles. The predicted octanol–water partition coefficient (Wildman–Crippen LogP) is 3.14. The summed E-state index contributed by atoms with van der Waals surface area (Å²) in [5.41, 5.74) is 4.51. The zero-order chi connectivity index (χ0) is 18.4. The quantitative estimate of drug-likeness (QED) is 0.840. The molecule has 1 saturated heterocycles. The molecule has 0 radical (unpaired) electrons. The number of hydrogen-bond acceptors (Lipinski definition) is 4. The number of hydrogen-bond donors (Lipinski definition) is 1. The minimum atomic E-state index is -0.433. The van der Waals surface area contributed by atoms with Crippen molar-refractivity contribution < 1.29 is 14.3 Å². The van der Waals surface area contributed by atoms with E-state index in [9.17, 15) is 9.59 Å². The Morgan fingerprint density at radius 2 is 1.69 bits per heavy atom. The van der Waals surface area contributed by atoms with Crippen molar-refractivity contribution in [3.05, 3.63) is 71.8 Å². The van der Waals surface area contributed by atoms with Crippen LogP contribution in [0, 0.1) is 0 Å². The molecule has 1 N–H and O–H groups in total. The van der Waals surface area contributed by atoms with Crippen LogP contribution in [0.3, 0.4) is 0 Å². The van der Waals surface area contributed by atoms with Crippen molar-refractivity contribution in [2.45, 2.75) is 31.2 Å². The van der Waals surface area contributed by atoms with E-state index < -0.39 is 5.92 Å². The number of nitrogens with one attached hydrogen (secondary N) is 1. The topological polar surface area (TPSA) is 58.6 Å². The first kappa shape index (κ1) is 18.1. The van der Waals surface area contributed by atoms with E-state index in [1.54, 1.807) is 12.1 Å². The van der Waals surface area contributed by atoms with Gasteiger partial charge in [-0.05, 0) is 30.5 Å². The number of methoxy groups -OCH3 is 1. The highest BCUT2D eigenvalue weighted by Crippen LogP contribution is 2.30. The summed E-state index contributed by atoms with van der Waals surface area (Å²) < 4.78 is 5.08. The van der Waals surface area contributed by atoms with Gasteiger partial charge in [0.2, 0.25) is 0 Å². The maximum absolute atomic E-state index is 12.6. The van der Waals surface area contributed by atoms with Crippen LogP contribution in [0.15, 0.2) is 60.7 Å². The SMILES string of the molecule is COC(=O)[C@H](c1ccccc1)[C@@H]1CCCCN1NC(=O)c1ccccc1. The van der Waals surface area contributed by atoms with Crippen LogP contribution in [0.4, 0.5) is 0 Å². The van der Waals surface area contributed by atoms with Gasteiger partial charge in [0.25, 0.3) is 5.91 Å². The van der Waals surface area contributed by atoms with Gasteiger partial charge >= 0.3 is 5.97 Å². The van der Waals surface area contributed by atoms with Crippen LogP contribution in [0.25, 0.3) is 0 Å². The van der Waals surface area contributed by atoms with Crippen LogP contribution in [0.1, 0.15) is 41.1 Å². The average Bonchev–Trinajstić information content (AvgIpc) is 2.70. The monoisotopic (exact) mass is 352 g/mol. The highest BCUT2D eigenvalue weighted by Gasteiger charge is 2.37. The smallest absolute Gasteiger partial charge is 0.314 e. The molecule has 1 aliphatic rings. The van der Waals surface area contributed by atoms with E-state index in [-0.39, 0.29) is 17.9 Å². The molecule has 2 aromatic rings. The predicted molar refractivity (Wildman–Crippen MR) is 99.5 cm³/mol. The molecule has 1 heterocycles. The number of amides is 1. The minimum Gasteiger partial charge on any atom is -0.469 e. The van der Waals surface area contributed by atoms with E-state index >= 15 is 0 Å². The Labute approximate surface area is 153 Å². The summed E-state index contributed by atoms with van der Waals surface area (Å²) in [6, 6.07) is 18.6. The molecule has 0 aromatic heterocycles. The van der Waals surface area contributed by atoms with Crippen LogP contribution in [0.2, 0.25) is 0 Å². The second-order valence-corrected chi connectivity index (χ2v) is 6.47. The molecule has 2 atom stereocenters. The van der Waals surface area contributed by atoms with Crippen molar-refractivity contribution in [1.82, 2.24) is 10.4 Å². The number of ether oxygens (including phenoxy) is 1. The van der Waals surface area contributed by atoms with Gasteiger partial charge in [0.15, 0.2) is 0 Å². The van der Waals surface area contributed by atoms with E-state index in [0.717, 1.165) is 24.8 Å². The molecule has 1 fully saturated rings. The number of benzene rings is 2. The summed E-state index contributed by atoms with van der Waals surface area (Å²) in [6.07, 6.45) is 2.82. The fourth-order valence-electron chi connectivity index (χ4n) is 3.53. The molecular formula is C21H24N2O3. The van der Waals surface area contributed by atoms with Gasteiger partial charge in [-0.2, -0.15) is 0 Å². The van der Waals surface area contributed by atoms with E-state index in [1.165, 1.54) is 7.11 Å². The molecule has 5 nitrogen and oxygen atoms in total. The Kier molecular flexibility index (Phi) is 6.02. The Hall–Kier alpha value is -2.66. The lowest BCUT2D eigenvalue weighted by Gasteiger charge is -2.39. The summed E-state index contributed by atoms with van der Waals surface area (Å²) in [5, 5.41) is 1.91. The number of hydrazine groups is 1. The minimum absolute atomic E-state index is 0.133. The fourth-order valence-corrected chi connectivity index (χ4v) is 3.53. The second-order valence-electron chi connectivity index (χ2n) is 6.47. The zero-order valence-electron chi connectivity index (χ0n) is 14.9. The molecule has 1 amide bonds. The number of esters is 1. The van der Waals surface area contributed by atoms with Crippen molar-refractivity contribution in [1.29, 1.82) is 0 Å². The number of rotatable bonds is 5. The summed E-state index contributed by atoms with van der Waals surface area (Å²) in [7, 11) is 1.41. The van der Waals surface area contributed by atoms with E-state index in [0.29, 0.717) is 12.1 Å². The number of carbonyl (C=O) groups excluding carboxylic acids is 2. The van der Waals surface area contributed by atoms with Gasteiger partial charge in [0, 0.05) is 18.2 Å². The van der Waals surface area contributed by atoms with Crippen molar-refractivity contribution in [3.63, 3.8) is 0 Å². The van der Waals surface area contributed by atoms with Gasteiger partial charge in [-0.3, -0.25) is 15.0 Å². The second kappa shape index (κ2) is 8.63. The number of carbonyl (C=O) groups is 2. The van der Waals surface area contributed by atoms with Gasteiger partial charge in [-0.25, -0.2) is 5.01 Å². The van der Waals surface area contributed by atoms with Crippen molar-refractivity contribution in [2.24, 2.45) is 0 Å². The fraction of sp³-hybridized carbons (Fsp3) is 0.333. The highest BCUT2D eigenvalue weighted by atomic mass is 16.5. The van der Waals surface area contributed by atoms with Gasteiger partial charge in [0.05, 0.1) is 13.0 Å². The molecule has 26 heavy (non-hydrogen) atoms. The largest absolute Gasteiger partial charge is 0.469 e. The van der Waals surface area contributed by atoms with Gasteiger partial charge in [-0.1, -0.05) is 55.0 Å². The third-order valence-corrected chi connectivity index (χ3v) is 4.83. The molecule has 2 aromatic carbocycles. The van der Waals surface area contributed by atoms with Crippen molar-refractivity contribution in [3.8, 4) is 0 Å². The molecule has 0 saturated carbocycles. The summed E-state index contributed by atoms with van der Waals surface area (Å²) in [4.78, 5) is 25.1. The third kappa shape index (κ3) is 4.11. The molecule has 5 heteroatoms. The van der Waals surface area contributed by atoms with Crippen molar-refractivity contribution in [2.75, 3.05) is 13.7 Å². The first-order chi connectivity index (χ1) is 12.7. The molecule has 0 bridgehead atoms. The maximum Gasteiger partial charge on any atom is 0.314 e. The van der Waals surface area contributed by atoms with E-state index in [1.807, 2.05) is 53.5 Å². The van der Waals surface area contributed by atoms with Crippen molar-refractivity contribution >= 4 is 11.9 Å². The van der Waals surface area contributed by atoms with Crippen LogP contribution in [0.5, 0.6) is 0 Å². The first-order valence-corrected chi connectivity index (χ1v) is 8.96. The lowest BCUT2D eigenvalue weighted by molar-refractivity contribution is -0.145. The lowest BCUT2D eigenvalue weighted by Crippen LogP contribution is -2.54. The van der Waals surface area contributed by atoms with Crippen LogP contribution >= 0.6 is 0 Å². The summed E-state index contributed by atoms with van der Waals surface area (Å²) in [5.74, 6) is -0.867. The highest BCUT2D eigenvalue weighted by molar-refractivity contribution is 5.93.